The molecule has 0 saturated carbocycles. The number of rotatable bonds is 6. The van der Waals surface area contributed by atoms with Crippen LogP contribution in [0.1, 0.15) is 29.8 Å². The number of nitriles is 1. The first-order valence-corrected chi connectivity index (χ1v) is 7.61. The average Bonchev–Trinajstić information content (AvgIpc) is 2.60. The van der Waals surface area contributed by atoms with Crippen molar-refractivity contribution >= 4 is 11.9 Å². The summed E-state index contributed by atoms with van der Waals surface area (Å²) >= 11 is 0. The lowest BCUT2D eigenvalue weighted by molar-refractivity contribution is 0.104. The van der Waals surface area contributed by atoms with Gasteiger partial charge in [-0.2, -0.15) is 5.26 Å². The lowest BCUT2D eigenvalue weighted by Gasteiger charge is -2.12. The van der Waals surface area contributed by atoms with E-state index in [9.17, 15) is 10.1 Å². The Labute approximate surface area is 141 Å². The maximum atomic E-state index is 12.5. The van der Waals surface area contributed by atoms with E-state index in [-0.39, 0.29) is 17.5 Å². The molecule has 0 bridgehead atoms. The van der Waals surface area contributed by atoms with Crippen molar-refractivity contribution in [2.24, 2.45) is 0 Å². The predicted octanol–water partition coefficient (Wildman–Crippen LogP) is 4.27. The van der Waals surface area contributed by atoms with Gasteiger partial charge in [-0.3, -0.25) is 4.79 Å². The van der Waals surface area contributed by atoms with E-state index < -0.39 is 0 Å². The first kappa shape index (κ1) is 17.3. The molecular weight excluding hydrogens is 302 g/mol. The number of carbonyl (C=O) groups is 1. The number of Topliss-reactive ketones (excluding diaryl/α,β-unsaturated/α-hetero) is 1. The van der Waals surface area contributed by atoms with Crippen molar-refractivity contribution in [2.75, 3.05) is 7.11 Å². The molecule has 24 heavy (non-hydrogen) atoms. The highest BCUT2D eigenvalue weighted by Crippen LogP contribution is 2.23. The van der Waals surface area contributed by atoms with Gasteiger partial charge in [-0.15, -0.1) is 0 Å². The summed E-state index contributed by atoms with van der Waals surface area (Å²) in [5.74, 6) is 0.965. The second kappa shape index (κ2) is 7.98. The highest BCUT2D eigenvalue weighted by Gasteiger charge is 2.13. The van der Waals surface area contributed by atoms with Crippen molar-refractivity contribution in [1.82, 2.24) is 0 Å². The van der Waals surface area contributed by atoms with Crippen LogP contribution in [0.4, 0.5) is 0 Å². The monoisotopic (exact) mass is 321 g/mol. The molecule has 2 aromatic carbocycles. The molecule has 0 spiro atoms. The molecule has 0 unspecified atom stereocenters. The van der Waals surface area contributed by atoms with Gasteiger partial charge in [0, 0.05) is 11.1 Å². The Kier molecular flexibility index (Phi) is 5.75. The van der Waals surface area contributed by atoms with Gasteiger partial charge in [-0.1, -0.05) is 18.2 Å². The third-order valence-corrected chi connectivity index (χ3v) is 3.30. The lowest BCUT2D eigenvalue weighted by Crippen LogP contribution is -2.07. The Morgan fingerprint density at radius 1 is 1.12 bits per heavy atom. The molecule has 0 heterocycles. The maximum Gasteiger partial charge on any atom is 0.203 e. The Balaban J connectivity index is 2.35. The van der Waals surface area contributed by atoms with Crippen LogP contribution in [0.25, 0.3) is 6.08 Å². The van der Waals surface area contributed by atoms with E-state index in [2.05, 4.69) is 0 Å². The predicted molar refractivity (Wildman–Crippen MR) is 93.1 cm³/mol. The number of carbonyl (C=O) groups excluding carboxylic acids is 1. The number of benzene rings is 2. The Morgan fingerprint density at radius 2 is 1.79 bits per heavy atom. The van der Waals surface area contributed by atoms with Crippen LogP contribution in [0.2, 0.25) is 0 Å². The highest BCUT2D eigenvalue weighted by atomic mass is 16.5. The van der Waals surface area contributed by atoms with Crippen molar-refractivity contribution in [3.8, 4) is 17.6 Å². The van der Waals surface area contributed by atoms with Crippen LogP contribution in [0, 0.1) is 11.3 Å². The zero-order valence-corrected chi connectivity index (χ0v) is 13.9. The molecule has 4 nitrogen and oxygen atoms in total. The minimum atomic E-state index is -0.334. The van der Waals surface area contributed by atoms with Crippen LogP contribution in [0.3, 0.4) is 0 Å². The quantitative estimate of drug-likeness (QED) is 0.453. The van der Waals surface area contributed by atoms with E-state index >= 15 is 0 Å². The third kappa shape index (κ3) is 4.23. The Hall–Kier alpha value is -3.06. The fourth-order valence-corrected chi connectivity index (χ4v) is 2.16. The largest absolute Gasteiger partial charge is 0.497 e. The van der Waals surface area contributed by atoms with Gasteiger partial charge in [0.1, 0.15) is 23.1 Å². The SMILES string of the molecule is COc1ccc(C(=O)/C(C#N)=C/c2ccccc2OC(C)C)cc1. The summed E-state index contributed by atoms with van der Waals surface area (Å²) in [4.78, 5) is 12.5. The molecular formula is C20H19NO3. The molecule has 0 aliphatic heterocycles. The van der Waals surface area contributed by atoms with Gasteiger partial charge in [0.25, 0.3) is 0 Å². The van der Waals surface area contributed by atoms with Gasteiger partial charge in [0.2, 0.25) is 5.78 Å². The lowest BCUT2D eigenvalue weighted by atomic mass is 10.0. The van der Waals surface area contributed by atoms with Gasteiger partial charge in [-0.25, -0.2) is 0 Å². The van der Waals surface area contributed by atoms with Crippen LogP contribution in [0.15, 0.2) is 54.1 Å². The summed E-state index contributed by atoms with van der Waals surface area (Å²) in [6, 6.07) is 16.0. The minimum absolute atomic E-state index is 0.00220. The summed E-state index contributed by atoms with van der Waals surface area (Å²) < 4.78 is 10.8. The molecule has 0 aromatic heterocycles. The molecule has 2 rings (SSSR count). The summed E-state index contributed by atoms with van der Waals surface area (Å²) in [6.45, 7) is 3.85. The summed E-state index contributed by atoms with van der Waals surface area (Å²) in [7, 11) is 1.56. The number of ketones is 1. The topological polar surface area (TPSA) is 59.3 Å². The molecule has 0 fully saturated rings. The maximum absolute atomic E-state index is 12.5. The van der Waals surface area contributed by atoms with Gasteiger partial charge in [0.15, 0.2) is 0 Å². The fraction of sp³-hybridized carbons (Fsp3) is 0.200. The molecule has 0 saturated heterocycles. The van der Waals surface area contributed by atoms with Gasteiger partial charge < -0.3 is 9.47 Å². The van der Waals surface area contributed by atoms with Gasteiger partial charge >= 0.3 is 0 Å². The molecule has 2 aromatic rings. The molecule has 0 aliphatic rings. The molecule has 0 amide bonds. The van der Waals surface area contributed by atoms with E-state index in [0.717, 1.165) is 0 Å². The van der Waals surface area contributed by atoms with E-state index in [1.807, 2.05) is 44.2 Å². The molecule has 0 aliphatic carbocycles. The first-order chi connectivity index (χ1) is 11.5. The smallest absolute Gasteiger partial charge is 0.203 e. The van der Waals surface area contributed by atoms with E-state index in [1.165, 1.54) is 0 Å². The van der Waals surface area contributed by atoms with Crippen LogP contribution >= 0.6 is 0 Å². The fourth-order valence-electron chi connectivity index (χ4n) is 2.16. The van der Waals surface area contributed by atoms with Crippen molar-refractivity contribution in [3.63, 3.8) is 0 Å². The van der Waals surface area contributed by atoms with Crippen LogP contribution in [-0.4, -0.2) is 19.0 Å². The number of nitrogens with zero attached hydrogens (tertiary/aromatic N) is 1. The molecule has 4 heteroatoms. The van der Waals surface area contributed by atoms with Crippen molar-refractivity contribution in [3.05, 3.63) is 65.2 Å². The number of hydrogen-bond donors (Lipinski definition) is 0. The molecule has 0 N–H and O–H groups in total. The van der Waals surface area contributed by atoms with Crippen LogP contribution in [-0.2, 0) is 0 Å². The zero-order valence-electron chi connectivity index (χ0n) is 13.9. The van der Waals surface area contributed by atoms with E-state index in [4.69, 9.17) is 9.47 Å². The number of hydrogen-bond acceptors (Lipinski definition) is 4. The number of methoxy groups -OCH3 is 1. The van der Waals surface area contributed by atoms with Gasteiger partial charge in [0.05, 0.1) is 13.2 Å². The number of para-hydroxylation sites is 1. The second-order valence-corrected chi connectivity index (χ2v) is 5.43. The summed E-state index contributed by atoms with van der Waals surface area (Å²) in [5.41, 5.74) is 1.19. The van der Waals surface area contributed by atoms with E-state index in [0.29, 0.717) is 22.6 Å². The minimum Gasteiger partial charge on any atom is -0.497 e. The molecule has 0 atom stereocenters. The standard InChI is InChI=1S/C20H19NO3/c1-14(2)24-19-7-5-4-6-16(19)12-17(13-21)20(22)15-8-10-18(23-3)11-9-15/h4-12,14H,1-3H3/b17-12+. The zero-order chi connectivity index (χ0) is 17.5. The van der Waals surface area contributed by atoms with Crippen LogP contribution in [0.5, 0.6) is 11.5 Å². The Morgan fingerprint density at radius 3 is 2.38 bits per heavy atom. The van der Waals surface area contributed by atoms with Gasteiger partial charge in [-0.05, 0) is 50.3 Å². The van der Waals surface area contributed by atoms with Crippen LogP contribution < -0.4 is 9.47 Å². The number of ether oxygens (including phenoxy) is 2. The number of allylic oxidation sites excluding steroid dienone is 1. The van der Waals surface area contributed by atoms with Crippen molar-refractivity contribution in [1.29, 1.82) is 5.26 Å². The third-order valence-electron chi connectivity index (χ3n) is 3.30. The van der Waals surface area contributed by atoms with Crippen molar-refractivity contribution in [2.45, 2.75) is 20.0 Å². The first-order valence-electron chi connectivity index (χ1n) is 7.61. The Bertz CT molecular complexity index is 783. The molecule has 122 valence electrons. The average molecular weight is 321 g/mol. The van der Waals surface area contributed by atoms with E-state index in [1.54, 1.807) is 37.5 Å². The highest BCUT2D eigenvalue weighted by molar-refractivity contribution is 6.14. The summed E-state index contributed by atoms with van der Waals surface area (Å²) in [5, 5.41) is 9.39. The summed E-state index contributed by atoms with van der Waals surface area (Å²) in [6.07, 6.45) is 1.56. The second-order valence-electron chi connectivity index (χ2n) is 5.43. The molecule has 0 radical (unpaired) electrons. The normalized spacial score (nSPS) is 11.0. The van der Waals surface area contributed by atoms with Crippen molar-refractivity contribution < 1.29 is 14.3 Å².